The van der Waals surface area contributed by atoms with Gasteiger partial charge in [-0.3, -0.25) is 4.79 Å². The van der Waals surface area contributed by atoms with Gasteiger partial charge in [-0.15, -0.1) is 0 Å². The van der Waals surface area contributed by atoms with Gasteiger partial charge in [0.25, 0.3) is 0 Å². The fourth-order valence-corrected chi connectivity index (χ4v) is 2.77. The Kier molecular flexibility index (Phi) is 5.52. The molecule has 0 aromatic heterocycles. The molecule has 0 spiro atoms. The molecular weight excluding hydrogens is 359 g/mol. The summed E-state index contributed by atoms with van der Waals surface area (Å²) in [5.41, 5.74) is 5.77. The SMILES string of the molecule is CCC(CC)(C(=O)Nc1cccc(I)c1)C(N)=S. The maximum Gasteiger partial charge on any atom is 0.237 e. The smallest absolute Gasteiger partial charge is 0.237 e. The van der Waals surface area contributed by atoms with Crippen molar-refractivity contribution in [1.29, 1.82) is 0 Å². The minimum atomic E-state index is -0.753. The minimum absolute atomic E-state index is 0.123. The summed E-state index contributed by atoms with van der Waals surface area (Å²) in [4.78, 5) is 12.6. The Bertz CT molecular complexity index is 458. The number of rotatable bonds is 5. The second-order valence-corrected chi connectivity index (χ2v) is 5.80. The number of amides is 1. The van der Waals surface area contributed by atoms with Crippen molar-refractivity contribution < 1.29 is 4.79 Å². The molecule has 1 aromatic rings. The van der Waals surface area contributed by atoms with Gasteiger partial charge in [-0.2, -0.15) is 0 Å². The van der Waals surface area contributed by atoms with E-state index in [2.05, 4.69) is 27.9 Å². The average molecular weight is 376 g/mol. The van der Waals surface area contributed by atoms with Crippen LogP contribution < -0.4 is 11.1 Å². The largest absolute Gasteiger partial charge is 0.392 e. The summed E-state index contributed by atoms with van der Waals surface area (Å²) < 4.78 is 1.07. The number of halogens is 1. The van der Waals surface area contributed by atoms with Gasteiger partial charge in [-0.05, 0) is 53.6 Å². The third-order valence-electron chi connectivity index (χ3n) is 3.20. The van der Waals surface area contributed by atoms with Crippen LogP contribution in [-0.2, 0) is 4.79 Å². The van der Waals surface area contributed by atoms with Crippen molar-refractivity contribution in [3.05, 3.63) is 27.8 Å². The van der Waals surface area contributed by atoms with E-state index in [0.717, 1.165) is 9.26 Å². The molecule has 18 heavy (non-hydrogen) atoms. The molecule has 1 rings (SSSR count). The Morgan fingerprint density at radius 3 is 2.50 bits per heavy atom. The lowest BCUT2D eigenvalue weighted by atomic mass is 9.81. The van der Waals surface area contributed by atoms with E-state index in [9.17, 15) is 4.79 Å². The summed E-state index contributed by atoms with van der Waals surface area (Å²) in [5, 5.41) is 2.90. The van der Waals surface area contributed by atoms with Gasteiger partial charge in [0, 0.05) is 9.26 Å². The van der Waals surface area contributed by atoms with Crippen molar-refractivity contribution in [2.75, 3.05) is 5.32 Å². The molecule has 1 aromatic carbocycles. The lowest BCUT2D eigenvalue weighted by Gasteiger charge is -2.28. The maximum absolute atomic E-state index is 12.4. The number of carbonyl (C=O) groups is 1. The van der Waals surface area contributed by atoms with E-state index < -0.39 is 5.41 Å². The molecule has 5 heteroatoms. The number of nitrogens with two attached hydrogens (primary N) is 1. The number of hydrogen-bond acceptors (Lipinski definition) is 2. The van der Waals surface area contributed by atoms with Gasteiger partial charge < -0.3 is 11.1 Å². The van der Waals surface area contributed by atoms with E-state index in [-0.39, 0.29) is 10.9 Å². The molecule has 0 heterocycles. The Morgan fingerprint density at radius 1 is 1.44 bits per heavy atom. The molecule has 0 atom stereocenters. The first-order valence-electron chi connectivity index (χ1n) is 5.83. The average Bonchev–Trinajstić information content (AvgIpc) is 2.30. The second-order valence-electron chi connectivity index (χ2n) is 4.12. The first-order valence-corrected chi connectivity index (χ1v) is 7.32. The van der Waals surface area contributed by atoms with E-state index in [1.54, 1.807) is 0 Å². The summed E-state index contributed by atoms with van der Waals surface area (Å²) in [6.07, 6.45) is 1.21. The zero-order chi connectivity index (χ0) is 13.8. The van der Waals surface area contributed by atoms with Gasteiger partial charge in [-0.1, -0.05) is 32.1 Å². The predicted molar refractivity (Wildman–Crippen MR) is 87.6 cm³/mol. The zero-order valence-electron chi connectivity index (χ0n) is 10.5. The fourth-order valence-electron chi connectivity index (χ4n) is 1.85. The number of hydrogen-bond donors (Lipinski definition) is 2. The van der Waals surface area contributed by atoms with E-state index in [0.29, 0.717) is 12.8 Å². The van der Waals surface area contributed by atoms with Gasteiger partial charge in [0.15, 0.2) is 0 Å². The minimum Gasteiger partial charge on any atom is -0.392 e. The molecule has 0 aliphatic carbocycles. The normalized spacial score (nSPS) is 11.1. The predicted octanol–water partition coefficient (Wildman–Crippen LogP) is 3.32. The summed E-state index contributed by atoms with van der Waals surface area (Å²) in [6, 6.07) is 7.64. The third-order valence-corrected chi connectivity index (χ3v) is 4.26. The van der Waals surface area contributed by atoms with Crippen molar-refractivity contribution in [3.63, 3.8) is 0 Å². The molecule has 0 saturated heterocycles. The van der Waals surface area contributed by atoms with Crippen molar-refractivity contribution in [2.24, 2.45) is 11.1 Å². The molecule has 98 valence electrons. The van der Waals surface area contributed by atoms with Crippen molar-refractivity contribution in [2.45, 2.75) is 26.7 Å². The van der Waals surface area contributed by atoms with Crippen LogP contribution in [0.2, 0.25) is 0 Å². The van der Waals surface area contributed by atoms with E-state index in [1.165, 1.54) is 0 Å². The molecule has 0 unspecified atom stereocenters. The number of nitrogens with one attached hydrogen (secondary N) is 1. The summed E-state index contributed by atoms with van der Waals surface area (Å²) >= 11 is 7.26. The summed E-state index contributed by atoms with van der Waals surface area (Å²) in [6.45, 7) is 3.86. The van der Waals surface area contributed by atoms with Crippen LogP contribution in [0.4, 0.5) is 5.69 Å². The topological polar surface area (TPSA) is 55.1 Å². The molecule has 3 nitrogen and oxygen atoms in total. The number of anilines is 1. The molecule has 3 N–H and O–H groups in total. The Labute approximate surface area is 127 Å². The lowest BCUT2D eigenvalue weighted by molar-refractivity contribution is -0.122. The summed E-state index contributed by atoms with van der Waals surface area (Å²) in [5.74, 6) is -0.123. The van der Waals surface area contributed by atoms with Gasteiger partial charge in [0.2, 0.25) is 5.91 Å². The standard InChI is InChI=1S/C13H17IN2OS/c1-3-13(4-2,11(15)18)12(17)16-10-7-5-6-9(14)8-10/h5-8H,3-4H2,1-2H3,(H2,15,18)(H,16,17). The number of benzene rings is 1. The van der Waals surface area contributed by atoms with E-state index in [4.69, 9.17) is 18.0 Å². The van der Waals surface area contributed by atoms with Crippen LogP contribution in [0.5, 0.6) is 0 Å². The zero-order valence-corrected chi connectivity index (χ0v) is 13.5. The van der Waals surface area contributed by atoms with Crippen LogP contribution in [0.1, 0.15) is 26.7 Å². The second kappa shape index (κ2) is 6.47. The fraction of sp³-hybridized carbons (Fsp3) is 0.385. The highest BCUT2D eigenvalue weighted by Gasteiger charge is 2.38. The molecule has 0 bridgehead atoms. The van der Waals surface area contributed by atoms with Crippen molar-refractivity contribution in [3.8, 4) is 0 Å². The summed E-state index contributed by atoms with van der Waals surface area (Å²) in [7, 11) is 0. The van der Waals surface area contributed by atoms with Crippen LogP contribution in [0.15, 0.2) is 24.3 Å². The monoisotopic (exact) mass is 376 g/mol. The van der Waals surface area contributed by atoms with E-state index >= 15 is 0 Å². The highest BCUT2D eigenvalue weighted by molar-refractivity contribution is 14.1. The first kappa shape index (κ1) is 15.4. The van der Waals surface area contributed by atoms with Crippen molar-refractivity contribution in [1.82, 2.24) is 0 Å². The quantitative estimate of drug-likeness (QED) is 0.612. The Hall–Kier alpha value is -0.690. The number of thiocarbonyl (C=S) groups is 1. The molecule has 0 aliphatic rings. The van der Waals surface area contributed by atoms with Gasteiger partial charge in [-0.25, -0.2) is 0 Å². The lowest BCUT2D eigenvalue weighted by Crippen LogP contribution is -2.45. The van der Waals surface area contributed by atoms with Gasteiger partial charge in [0.1, 0.15) is 0 Å². The molecule has 0 radical (unpaired) electrons. The molecule has 0 saturated carbocycles. The highest BCUT2D eigenvalue weighted by Crippen LogP contribution is 2.29. The molecule has 0 aliphatic heterocycles. The van der Waals surface area contributed by atoms with Crippen molar-refractivity contribution >= 4 is 51.4 Å². The Morgan fingerprint density at radius 2 is 2.06 bits per heavy atom. The van der Waals surface area contributed by atoms with Gasteiger partial charge >= 0.3 is 0 Å². The van der Waals surface area contributed by atoms with Crippen LogP contribution >= 0.6 is 34.8 Å². The highest BCUT2D eigenvalue weighted by atomic mass is 127. The first-order chi connectivity index (χ1) is 8.46. The maximum atomic E-state index is 12.4. The molecule has 1 amide bonds. The van der Waals surface area contributed by atoms with Crippen LogP contribution in [0.25, 0.3) is 0 Å². The van der Waals surface area contributed by atoms with Gasteiger partial charge in [0.05, 0.1) is 10.4 Å². The third kappa shape index (κ3) is 3.20. The molecular formula is C13H17IN2OS. The van der Waals surface area contributed by atoms with Crippen LogP contribution in [0.3, 0.4) is 0 Å². The van der Waals surface area contributed by atoms with Crippen LogP contribution in [-0.4, -0.2) is 10.9 Å². The van der Waals surface area contributed by atoms with Crippen LogP contribution in [0, 0.1) is 8.99 Å². The Balaban J connectivity index is 2.96. The molecule has 0 fully saturated rings. The van der Waals surface area contributed by atoms with E-state index in [1.807, 2.05) is 38.1 Å². The number of carbonyl (C=O) groups excluding carboxylic acids is 1.